The number of carbonyl (C=O) groups is 1. The van der Waals surface area contributed by atoms with Crippen LogP contribution in [-0.4, -0.2) is 55.5 Å². The summed E-state index contributed by atoms with van der Waals surface area (Å²) in [5.74, 6) is 1.02. The first-order valence-electron chi connectivity index (χ1n) is 7.97. The molecule has 2 fully saturated rings. The molecule has 3 rings (SSSR count). The number of nitrogens with one attached hydrogen (secondary N) is 1. The maximum absolute atomic E-state index is 12.6. The zero-order chi connectivity index (χ0) is 14.7. The molecule has 5 heteroatoms. The van der Waals surface area contributed by atoms with Crippen molar-refractivity contribution < 1.29 is 4.79 Å². The monoisotopic (exact) mass is 307 g/mol. The lowest BCUT2D eigenvalue weighted by Gasteiger charge is -2.26. The Hall–Kier alpha value is -0.910. The smallest absolute Gasteiger partial charge is 0.237 e. The number of rotatable bonds is 5. The average Bonchev–Trinajstić information content (AvgIpc) is 3.20. The molecule has 2 aliphatic heterocycles. The molecular weight excluding hydrogens is 282 g/mol. The third kappa shape index (κ3) is 3.47. The lowest BCUT2D eigenvalue weighted by atomic mass is 10.1. The van der Waals surface area contributed by atoms with Crippen LogP contribution in [-0.2, 0) is 4.79 Å². The summed E-state index contributed by atoms with van der Waals surface area (Å²) < 4.78 is 0. The first kappa shape index (κ1) is 15.0. The van der Waals surface area contributed by atoms with Gasteiger partial charge >= 0.3 is 0 Å². The van der Waals surface area contributed by atoms with Crippen molar-refractivity contribution in [2.45, 2.75) is 25.3 Å². The molecule has 2 unspecified atom stereocenters. The summed E-state index contributed by atoms with van der Waals surface area (Å²) in [6, 6.07) is 4.58. The van der Waals surface area contributed by atoms with Crippen LogP contribution in [0.25, 0.3) is 0 Å². The molecular formula is C16H25N3OS. The third-order valence-corrected chi connectivity index (χ3v) is 5.64. The van der Waals surface area contributed by atoms with Gasteiger partial charge in [-0.3, -0.25) is 9.69 Å². The van der Waals surface area contributed by atoms with Crippen LogP contribution >= 0.6 is 11.3 Å². The number of hydrogen-bond donors (Lipinski definition) is 1. The molecule has 1 amide bonds. The predicted octanol–water partition coefficient (Wildman–Crippen LogP) is 1.95. The van der Waals surface area contributed by atoms with Gasteiger partial charge < -0.3 is 10.2 Å². The Labute approximate surface area is 131 Å². The summed E-state index contributed by atoms with van der Waals surface area (Å²) in [5.41, 5.74) is 0. The van der Waals surface area contributed by atoms with Crippen LogP contribution < -0.4 is 5.32 Å². The Morgan fingerprint density at radius 1 is 1.43 bits per heavy atom. The number of hydrogen-bond acceptors (Lipinski definition) is 4. The molecule has 0 spiro atoms. The van der Waals surface area contributed by atoms with Crippen LogP contribution in [0.3, 0.4) is 0 Å². The zero-order valence-electron chi connectivity index (χ0n) is 12.8. The van der Waals surface area contributed by atoms with Gasteiger partial charge in [0.15, 0.2) is 0 Å². The second-order valence-electron chi connectivity index (χ2n) is 6.21. The average molecular weight is 307 g/mol. The fourth-order valence-electron chi connectivity index (χ4n) is 3.64. The Kier molecular flexibility index (Phi) is 4.93. The quantitative estimate of drug-likeness (QED) is 0.903. The van der Waals surface area contributed by atoms with Gasteiger partial charge in [-0.25, -0.2) is 0 Å². The van der Waals surface area contributed by atoms with E-state index in [0.29, 0.717) is 24.4 Å². The highest BCUT2D eigenvalue weighted by Crippen LogP contribution is 2.34. The van der Waals surface area contributed by atoms with E-state index in [9.17, 15) is 4.79 Å². The van der Waals surface area contributed by atoms with Gasteiger partial charge in [0.1, 0.15) is 0 Å². The fourth-order valence-corrected chi connectivity index (χ4v) is 4.51. The SMILES string of the molecule is CNCC1CCN(CC(=O)N2CCCC2c2cccs2)C1. The van der Waals surface area contributed by atoms with Gasteiger partial charge in [-0.05, 0) is 56.8 Å². The van der Waals surface area contributed by atoms with E-state index >= 15 is 0 Å². The minimum Gasteiger partial charge on any atom is -0.334 e. The lowest BCUT2D eigenvalue weighted by Crippen LogP contribution is -2.39. The molecule has 1 aromatic heterocycles. The lowest BCUT2D eigenvalue weighted by molar-refractivity contribution is -0.133. The highest BCUT2D eigenvalue weighted by atomic mass is 32.1. The molecule has 2 aliphatic rings. The van der Waals surface area contributed by atoms with Crippen LogP contribution in [0.1, 0.15) is 30.2 Å². The van der Waals surface area contributed by atoms with Crippen molar-refractivity contribution >= 4 is 17.2 Å². The van der Waals surface area contributed by atoms with Gasteiger partial charge in [0.05, 0.1) is 12.6 Å². The molecule has 0 saturated carbocycles. The summed E-state index contributed by atoms with van der Waals surface area (Å²) in [5, 5.41) is 5.35. The van der Waals surface area contributed by atoms with E-state index in [0.717, 1.165) is 39.0 Å². The Morgan fingerprint density at radius 3 is 3.10 bits per heavy atom. The molecule has 21 heavy (non-hydrogen) atoms. The van der Waals surface area contributed by atoms with Gasteiger partial charge in [0.2, 0.25) is 5.91 Å². The molecule has 0 aliphatic carbocycles. The van der Waals surface area contributed by atoms with Crippen LogP contribution in [0.15, 0.2) is 17.5 Å². The maximum Gasteiger partial charge on any atom is 0.237 e. The van der Waals surface area contributed by atoms with E-state index in [1.54, 1.807) is 11.3 Å². The number of likely N-dealkylation sites (tertiary alicyclic amines) is 2. The van der Waals surface area contributed by atoms with Gasteiger partial charge in [-0.1, -0.05) is 6.07 Å². The predicted molar refractivity (Wildman–Crippen MR) is 86.5 cm³/mol. The van der Waals surface area contributed by atoms with Crippen molar-refractivity contribution in [2.75, 3.05) is 39.8 Å². The van der Waals surface area contributed by atoms with E-state index in [1.807, 2.05) is 7.05 Å². The van der Waals surface area contributed by atoms with E-state index in [4.69, 9.17) is 0 Å². The summed E-state index contributed by atoms with van der Waals surface area (Å²) >= 11 is 1.78. The van der Waals surface area contributed by atoms with Crippen molar-refractivity contribution in [3.05, 3.63) is 22.4 Å². The van der Waals surface area contributed by atoms with Crippen LogP contribution in [0, 0.1) is 5.92 Å². The van der Waals surface area contributed by atoms with E-state index in [1.165, 1.54) is 11.3 Å². The summed E-state index contributed by atoms with van der Waals surface area (Å²) in [7, 11) is 2.00. The molecule has 3 heterocycles. The molecule has 1 N–H and O–H groups in total. The maximum atomic E-state index is 12.6. The second-order valence-corrected chi connectivity index (χ2v) is 7.19. The molecule has 4 nitrogen and oxygen atoms in total. The first-order valence-corrected chi connectivity index (χ1v) is 8.85. The standard InChI is InChI=1S/C16H25N3OS/c1-17-10-13-6-8-18(11-13)12-16(20)19-7-2-4-14(19)15-5-3-9-21-15/h3,5,9,13-14,17H,2,4,6-8,10-12H2,1H3. The number of amides is 1. The number of thiophene rings is 1. The van der Waals surface area contributed by atoms with Gasteiger partial charge in [0, 0.05) is 18.0 Å². The normalized spacial score (nSPS) is 26.6. The zero-order valence-corrected chi connectivity index (χ0v) is 13.6. The molecule has 116 valence electrons. The summed E-state index contributed by atoms with van der Waals surface area (Å²) in [4.78, 5) is 18.4. The van der Waals surface area contributed by atoms with Crippen LogP contribution in [0.4, 0.5) is 0 Å². The molecule has 0 radical (unpaired) electrons. The molecule has 2 saturated heterocycles. The second kappa shape index (κ2) is 6.90. The Balaban J connectivity index is 1.55. The van der Waals surface area contributed by atoms with Crippen molar-refractivity contribution in [3.8, 4) is 0 Å². The molecule has 1 aromatic rings. The molecule has 0 aromatic carbocycles. The molecule has 0 bridgehead atoms. The Morgan fingerprint density at radius 2 is 2.33 bits per heavy atom. The van der Waals surface area contributed by atoms with Crippen molar-refractivity contribution in [1.82, 2.24) is 15.1 Å². The van der Waals surface area contributed by atoms with E-state index in [-0.39, 0.29) is 0 Å². The summed E-state index contributed by atoms with van der Waals surface area (Å²) in [6.07, 6.45) is 3.47. The number of carbonyl (C=O) groups excluding carboxylic acids is 1. The van der Waals surface area contributed by atoms with Crippen molar-refractivity contribution in [2.24, 2.45) is 5.92 Å². The minimum absolute atomic E-state index is 0.316. The van der Waals surface area contributed by atoms with E-state index in [2.05, 4.69) is 32.6 Å². The highest BCUT2D eigenvalue weighted by molar-refractivity contribution is 7.10. The first-order chi connectivity index (χ1) is 10.3. The van der Waals surface area contributed by atoms with Crippen molar-refractivity contribution in [3.63, 3.8) is 0 Å². The van der Waals surface area contributed by atoms with Gasteiger partial charge in [0.25, 0.3) is 0 Å². The van der Waals surface area contributed by atoms with E-state index < -0.39 is 0 Å². The summed E-state index contributed by atoms with van der Waals surface area (Å²) in [6.45, 7) is 4.71. The fraction of sp³-hybridized carbons (Fsp3) is 0.688. The number of nitrogens with zero attached hydrogens (tertiary/aromatic N) is 2. The molecule has 2 atom stereocenters. The van der Waals surface area contributed by atoms with Crippen LogP contribution in [0.2, 0.25) is 0 Å². The third-order valence-electron chi connectivity index (χ3n) is 4.67. The largest absolute Gasteiger partial charge is 0.334 e. The highest BCUT2D eigenvalue weighted by Gasteiger charge is 2.32. The topological polar surface area (TPSA) is 35.6 Å². The minimum atomic E-state index is 0.316. The van der Waals surface area contributed by atoms with Crippen LogP contribution in [0.5, 0.6) is 0 Å². The Bertz CT molecular complexity index is 462. The van der Waals surface area contributed by atoms with Gasteiger partial charge in [-0.2, -0.15) is 0 Å². The van der Waals surface area contributed by atoms with Gasteiger partial charge in [-0.15, -0.1) is 11.3 Å². The van der Waals surface area contributed by atoms with Crippen molar-refractivity contribution in [1.29, 1.82) is 0 Å².